The molecule has 7 heteroatoms. The average Bonchev–Trinajstić information content (AvgIpc) is 2.84. The molecule has 0 saturated heterocycles. The molecule has 32 heavy (non-hydrogen) atoms. The van der Waals surface area contributed by atoms with Gasteiger partial charge >= 0.3 is 0 Å². The second-order valence-corrected chi connectivity index (χ2v) is 7.99. The van der Waals surface area contributed by atoms with Crippen molar-refractivity contribution in [3.8, 4) is 17.2 Å². The van der Waals surface area contributed by atoms with Gasteiger partial charge in [-0.25, -0.2) is 0 Å². The Hall–Kier alpha value is -3.22. The van der Waals surface area contributed by atoms with Crippen LogP contribution in [0.1, 0.15) is 37.7 Å². The molecule has 1 fully saturated rings. The summed E-state index contributed by atoms with van der Waals surface area (Å²) in [4.78, 5) is 26.1. The molecule has 2 aromatic carbocycles. The van der Waals surface area contributed by atoms with Crippen molar-refractivity contribution < 1.29 is 23.8 Å². The lowest BCUT2D eigenvalue weighted by molar-refractivity contribution is -0.130. The maximum absolute atomic E-state index is 13.3. The standard InChI is InChI=1S/C25H32N2O5/c1-30-21-15-19(16-22(31-2)23(21)32-3)26-25(29)20(14-17-10-6-4-7-11-17)27-24(28)18-12-8-5-9-13-18/h4,6-7,10-11,15-16,18,20H,5,8-9,12-14H2,1-3H3,(H,26,29)(H,27,28). The lowest BCUT2D eigenvalue weighted by atomic mass is 9.88. The molecule has 0 bridgehead atoms. The summed E-state index contributed by atoms with van der Waals surface area (Å²) >= 11 is 0. The van der Waals surface area contributed by atoms with E-state index in [0.717, 1.165) is 31.2 Å². The molecule has 7 nitrogen and oxygen atoms in total. The fourth-order valence-corrected chi connectivity index (χ4v) is 4.10. The minimum Gasteiger partial charge on any atom is -0.493 e. The van der Waals surface area contributed by atoms with Crippen molar-refractivity contribution in [3.05, 3.63) is 48.0 Å². The molecule has 172 valence electrons. The lowest BCUT2D eigenvalue weighted by Crippen LogP contribution is -2.47. The van der Waals surface area contributed by atoms with Crippen molar-refractivity contribution >= 4 is 17.5 Å². The van der Waals surface area contributed by atoms with E-state index in [9.17, 15) is 9.59 Å². The molecule has 0 aliphatic heterocycles. The summed E-state index contributed by atoms with van der Waals surface area (Å²) in [6.07, 6.45) is 5.42. The first-order valence-corrected chi connectivity index (χ1v) is 11.0. The van der Waals surface area contributed by atoms with E-state index in [1.165, 1.54) is 27.8 Å². The van der Waals surface area contributed by atoms with Crippen LogP contribution in [0.15, 0.2) is 42.5 Å². The Bertz CT molecular complexity index is 885. The largest absolute Gasteiger partial charge is 0.493 e. The van der Waals surface area contributed by atoms with Crippen molar-refractivity contribution in [1.29, 1.82) is 0 Å². The average molecular weight is 441 g/mol. The summed E-state index contributed by atoms with van der Waals surface area (Å²) in [5, 5.41) is 5.90. The molecule has 0 aromatic heterocycles. The third kappa shape index (κ3) is 5.93. The lowest BCUT2D eigenvalue weighted by Gasteiger charge is -2.25. The maximum atomic E-state index is 13.3. The Morgan fingerprint density at radius 3 is 2.12 bits per heavy atom. The van der Waals surface area contributed by atoms with E-state index in [2.05, 4.69) is 10.6 Å². The summed E-state index contributed by atoms with van der Waals surface area (Å²) in [5.74, 6) is 0.939. The van der Waals surface area contributed by atoms with Gasteiger partial charge in [0, 0.05) is 30.2 Å². The number of anilines is 1. The molecule has 2 amide bonds. The Labute approximate surface area is 189 Å². The van der Waals surface area contributed by atoms with Gasteiger partial charge in [0.25, 0.3) is 0 Å². The summed E-state index contributed by atoms with van der Waals surface area (Å²) in [7, 11) is 4.56. The Balaban J connectivity index is 1.80. The number of rotatable bonds is 9. The third-order valence-electron chi connectivity index (χ3n) is 5.82. The van der Waals surface area contributed by atoms with Gasteiger partial charge in [-0.3, -0.25) is 9.59 Å². The van der Waals surface area contributed by atoms with Crippen LogP contribution in [0.4, 0.5) is 5.69 Å². The van der Waals surface area contributed by atoms with E-state index in [1.807, 2.05) is 30.3 Å². The second kappa shape index (κ2) is 11.4. The molecule has 0 heterocycles. The zero-order chi connectivity index (χ0) is 22.9. The topological polar surface area (TPSA) is 85.9 Å². The molecule has 2 aromatic rings. The number of carbonyl (C=O) groups excluding carboxylic acids is 2. The minimum absolute atomic E-state index is 0.0315. The van der Waals surface area contributed by atoms with Gasteiger partial charge in [-0.2, -0.15) is 0 Å². The number of carbonyl (C=O) groups is 2. The number of hydrogen-bond acceptors (Lipinski definition) is 5. The molecule has 2 N–H and O–H groups in total. The highest BCUT2D eigenvalue weighted by molar-refractivity contribution is 5.98. The van der Waals surface area contributed by atoms with E-state index >= 15 is 0 Å². The molecule has 1 unspecified atom stereocenters. The van der Waals surface area contributed by atoms with Crippen LogP contribution >= 0.6 is 0 Å². The fourth-order valence-electron chi connectivity index (χ4n) is 4.10. The third-order valence-corrected chi connectivity index (χ3v) is 5.82. The first-order chi connectivity index (χ1) is 15.5. The number of hydrogen-bond donors (Lipinski definition) is 2. The maximum Gasteiger partial charge on any atom is 0.247 e. The first-order valence-electron chi connectivity index (χ1n) is 11.0. The van der Waals surface area contributed by atoms with E-state index in [1.54, 1.807) is 12.1 Å². The monoisotopic (exact) mass is 440 g/mol. The molecule has 1 saturated carbocycles. The highest BCUT2D eigenvalue weighted by Crippen LogP contribution is 2.40. The molecule has 0 radical (unpaired) electrons. The first kappa shape index (κ1) is 23.4. The number of methoxy groups -OCH3 is 3. The van der Waals surface area contributed by atoms with Gasteiger partial charge in [-0.15, -0.1) is 0 Å². The molecule has 1 aliphatic carbocycles. The van der Waals surface area contributed by atoms with Crippen LogP contribution < -0.4 is 24.8 Å². The predicted octanol–water partition coefficient (Wildman–Crippen LogP) is 3.96. The van der Waals surface area contributed by atoms with E-state index in [-0.39, 0.29) is 17.7 Å². The quantitative estimate of drug-likeness (QED) is 0.617. The van der Waals surface area contributed by atoms with Crippen LogP contribution in [0.5, 0.6) is 17.2 Å². The molecule has 1 aliphatic rings. The number of ether oxygens (including phenoxy) is 3. The van der Waals surface area contributed by atoms with Gasteiger partial charge in [0.1, 0.15) is 6.04 Å². The van der Waals surface area contributed by atoms with Crippen LogP contribution in [0.2, 0.25) is 0 Å². The summed E-state index contributed by atoms with van der Waals surface area (Å²) < 4.78 is 16.1. The van der Waals surface area contributed by atoms with Gasteiger partial charge in [-0.05, 0) is 18.4 Å². The van der Waals surface area contributed by atoms with Gasteiger partial charge < -0.3 is 24.8 Å². The zero-order valence-corrected chi connectivity index (χ0v) is 19.0. The van der Waals surface area contributed by atoms with Gasteiger partial charge in [-0.1, -0.05) is 49.6 Å². The highest BCUT2D eigenvalue weighted by atomic mass is 16.5. The minimum atomic E-state index is -0.703. The van der Waals surface area contributed by atoms with Crippen LogP contribution in [0.25, 0.3) is 0 Å². The normalized spacial score (nSPS) is 14.8. The van der Waals surface area contributed by atoms with E-state index in [4.69, 9.17) is 14.2 Å². The Morgan fingerprint density at radius 2 is 1.56 bits per heavy atom. The number of amides is 2. The van der Waals surface area contributed by atoms with E-state index < -0.39 is 6.04 Å². The molecular formula is C25H32N2O5. The van der Waals surface area contributed by atoms with Crippen molar-refractivity contribution in [2.75, 3.05) is 26.6 Å². The Morgan fingerprint density at radius 1 is 0.938 bits per heavy atom. The van der Waals surface area contributed by atoms with Gasteiger partial charge in [0.05, 0.1) is 21.3 Å². The summed E-state index contributed by atoms with van der Waals surface area (Å²) in [6, 6.07) is 12.3. The van der Waals surface area contributed by atoms with Gasteiger partial charge in [0.2, 0.25) is 17.6 Å². The Kier molecular flexibility index (Phi) is 8.36. The van der Waals surface area contributed by atoms with Crippen molar-refractivity contribution in [1.82, 2.24) is 5.32 Å². The molecule has 0 spiro atoms. The smallest absolute Gasteiger partial charge is 0.247 e. The van der Waals surface area contributed by atoms with Crippen molar-refractivity contribution in [3.63, 3.8) is 0 Å². The fraction of sp³-hybridized carbons (Fsp3) is 0.440. The van der Waals surface area contributed by atoms with Crippen molar-refractivity contribution in [2.45, 2.75) is 44.6 Å². The van der Waals surface area contributed by atoms with Gasteiger partial charge in [0.15, 0.2) is 11.5 Å². The number of benzene rings is 2. The SMILES string of the molecule is COc1cc(NC(=O)C(Cc2ccccc2)NC(=O)C2CCCCC2)cc(OC)c1OC. The van der Waals surface area contributed by atoms with Crippen LogP contribution in [-0.4, -0.2) is 39.2 Å². The highest BCUT2D eigenvalue weighted by Gasteiger charge is 2.27. The molecular weight excluding hydrogens is 408 g/mol. The summed E-state index contributed by atoms with van der Waals surface area (Å²) in [5.41, 5.74) is 1.47. The summed E-state index contributed by atoms with van der Waals surface area (Å²) in [6.45, 7) is 0. The van der Waals surface area contributed by atoms with Crippen LogP contribution in [0.3, 0.4) is 0 Å². The molecule has 1 atom stereocenters. The van der Waals surface area contributed by atoms with Crippen LogP contribution in [-0.2, 0) is 16.0 Å². The van der Waals surface area contributed by atoms with E-state index in [0.29, 0.717) is 29.4 Å². The molecule has 3 rings (SSSR count). The zero-order valence-electron chi connectivity index (χ0n) is 19.0. The van der Waals surface area contributed by atoms with Crippen molar-refractivity contribution in [2.24, 2.45) is 5.92 Å². The second-order valence-electron chi connectivity index (χ2n) is 7.99. The van der Waals surface area contributed by atoms with Crippen LogP contribution in [0, 0.1) is 5.92 Å². The number of nitrogens with one attached hydrogen (secondary N) is 2. The predicted molar refractivity (Wildman–Crippen MR) is 123 cm³/mol.